The lowest BCUT2D eigenvalue weighted by atomic mass is 10.2. The monoisotopic (exact) mass is 281 g/mol. The molecule has 3 nitrogen and oxygen atoms in total. The van der Waals surface area contributed by atoms with Gasteiger partial charge in [-0.2, -0.15) is 0 Å². The molecule has 0 bridgehead atoms. The number of nitrogens with zero attached hydrogens (tertiary/aromatic N) is 1. The molecule has 0 saturated carbocycles. The SMILES string of the molecule is C#CCCCCn1cccc(OCc2ccccc2)c1=O. The van der Waals surface area contributed by atoms with Crippen molar-refractivity contribution in [3.8, 4) is 18.1 Å². The highest BCUT2D eigenvalue weighted by molar-refractivity contribution is 5.19. The molecule has 0 unspecified atom stereocenters. The van der Waals surface area contributed by atoms with Crippen molar-refractivity contribution in [2.24, 2.45) is 0 Å². The molecule has 21 heavy (non-hydrogen) atoms. The lowest BCUT2D eigenvalue weighted by molar-refractivity contribution is 0.298. The molecule has 0 spiro atoms. The van der Waals surface area contributed by atoms with Gasteiger partial charge in [0.2, 0.25) is 0 Å². The molecule has 0 aliphatic rings. The van der Waals surface area contributed by atoms with Gasteiger partial charge in [0.25, 0.3) is 5.56 Å². The summed E-state index contributed by atoms with van der Waals surface area (Å²) in [6.45, 7) is 1.07. The first-order chi connectivity index (χ1) is 10.3. The van der Waals surface area contributed by atoms with Crippen LogP contribution in [-0.2, 0) is 13.2 Å². The molecular formula is C18H19NO2. The highest BCUT2D eigenvalue weighted by Gasteiger charge is 2.04. The van der Waals surface area contributed by atoms with E-state index in [1.807, 2.05) is 36.4 Å². The average Bonchev–Trinajstić information content (AvgIpc) is 2.53. The number of terminal acetylenes is 1. The highest BCUT2D eigenvalue weighted by atomic mass is 16.5. The van der Waals surface area contributed by atoms with E-state index in [1.54, 1.807) is 16.8 Å². The molecule has 2 rings (SSSR count). The molecule has 108 valence electrons. The van der Waals surface area contributed by atoms with Crippen molar-refractivity contribution in [3.63, 3.8) is 0 Å². The van der Waals surface area contributed by atoms with Crippen LogP contribution in [0.1, 0.15) is 24.8 Å². The Morgan fingerprint density at radius 3 is 2.67 bits per heavy atom. The number of benzene rings is 1. The summed E-state index contributed by atoms with van der Waals surface area (Å²) in [6, 6.07) is 13.4. The smallest absolute Gasteiger partial charge is 0.292 e. The van der Waals surface area contributed by atoms with Crippen LogP contribution in [-0.4, -0.2) is 4.57 Å². The van der Waals surface area contributed by atoms with E-state index in [-0.39, 0.29) is 5.56 Å². The van der Waals surface area contributed by atoms with Crippen molar-refractivity contribution in [1.82, 2.24) is 4.57 Å². The summed E-state index contributed by atoms with van der Waals surface area (Å²) in [6.07, 6.45) is 9.58. The van der Waals surface area contributed by atoms with Crippen LogP contribution in [0.2, 0.25) is 0 Å². The Kier molecular flexibility index (Phi) is 5.66. The van der Waals surface area contributed by atoms with Crippen molar-refractivity contribution >= 4 is 0 Å². The molecule has 0 fully saturated rings. The van der Waals surface area contributed by atoms with E-state index in [4.69, 9.17) is 11.2 Å². The van der Waals surface area contributed by atoms with E-state index in [0.29, 0.717) is 18.9 Å². The van der Waals surface area contributed by atoms with Gasteiger partial charge >= 0.3 is 0 Å². The molecule has 0 amide bonds. The topological polar surface area (TPSA) is 31.2 Å². The number of aryl methyl sites for hydroxylation is 1. The molecule has 1 aromatic heterocycles. The Hall–Kier alpha value is -2.47. The van der Waals surface area contributed by atoms with Crippen molar-refractivity contribution in [2.75, 3.05) is 0 Å². The minimum atomic E-state index is -0.0888. The van der Waals surface area contributed by atoms with E-state index in [0.717, 1.165) is 24.8 Å². The fourth-order valence-electron chi connectivity index (χ4n) is 2.05. The van der Waals surface area contributed by atoms with Crippen LogP contribution in [0.25, 0.3) is 0 Å². The van der Waals surface area contributed by atoms with Crippen molar-refractivity contribution in [2.45, 2.75) is 32.4 Å². The second kappa shape index (κ2) is 7.96. The normalized spacial score (nSPS) is 10.0. The predicted octanol–water partition coefficient (Wildman–Crippen LogP) is 3.23. The maximum Gasteiger partial charge on any atom is 0.292 e. The fraction of sp³-hybridized carbons (Fsp3) is 0.278. The number of pyridine rings is 1. The number of hydrogen-bond donors (Lipinski definition) is 0. The van der Waals surface area contributed by atoms with Gasteiger partial charge in [0.1, 0.15) is 6.61 Å². The molecule has 3 heteroatoms. The number of ether oxygens (including phenoxy) is 1. The summed E-state index contributed by atoms with van der Waals surface area (Å²) < 4.78 is 7.30. The molecule has 0 aliphatic carbocycles. The van der Waals surface area contributed by atoms with Crippen LogP contribution in [0.15, 0.2) is 53.5 Å². The third-order valence-electron chi connectivity index (χ3n) is 3.19. The largest absolute Gasteiger partial charge is 0.483 e. The van der Waals surface area contributed by atoms with Crippen LogP contribution in [0.5, 0.6) is 5.75 Å². The van der Waals surface area contributed by atoms with Gasteiger partial charge in [-0.1, -0.05) is 30.3 Å². The molecule has 0 atom stereocenters. The van der Waals surface area contributed by atoms with E-state index in [2.05, 4.69) is 5.92 Å². The number of rotatable bonds is 7. The summed E-state index contributed by atoms with van der Waals surface area (Å²) in [5.41, 5.74) is 0.954. The number of unbranched alkanes of at least 4 members (excludes halogenated alkanes) is 2. The second-order valence-electron chi connectivity index (χ2n) is 4.81. The van der Waals surface area contributed by atoms with Gasteiger partial charge in [-0.3, -0.25) is 4.79 Å². The van der Waals surface area contributed by atoms with E-state index < -0.39 is 0 Å². The van der Waals surface area contributed by atoms with Crippen molar-refractivity contribution in [1.29, 1.82) is 0 Å². The summed E-state index contributed by atoms with van der Waals surface area (Å²) in [5.74, 6) is 2.99. The Morgan fingerprint density at radius 1 is 1.10 bits per heavy atom. The second-order valence-corrected chi connectivity index (χ2v) is 4.81. The van der Waals surface area contributed by atoms with E-state index >= 15 is 0 Å². The Balaban J connectivity index is 1.97. The van der Waals surface area contributed by atoms with Crippen molar-refractivity contribution in [3.05, 3.63) is 64.6 Å². The third-order valence-corrected chi connectivity index (χ3v) is 3.19. The van der Waals surface area contributed by atoms with Crippen LogP contribution < -0.4 is 10.3 Å². The molecule has 2 aromatic rings. The maximum atomic E-state index is 12.3. The van der Waals surface area contributed by atoms with Gasteiger partial charge < -0.3 is 9.30 Å². The Morgan fingerprint density at radius 2 is 1.90 bits per heavy atom. The van der Waals surface area contributed by atoms with Gasteiger partial charge in [-0.05, 0) is 30.5 Å². The molecule has 0 saturated heterocycles. The fourth-order valence-corrected chi connectivity index (χ4v) is 2.05. The number of hydrogen-bond acceptors (Lipinski definition) is 2. The lowest BCUT2D eigenvalue weighted by Crippen LogP contribution is -2.21. The molecule has 0 N–H and O–H groups in total. The third kappa shape index (κ3) is 4.54. The van der Waals surface area contributed by atoms with Gasteiger partial charge in [0.15, 0.2) is 5.75 Å². The molecule has 1 heterocycles. The van der Waals surface area contributed by atoms with Gasteiger partial charge in [-0.25, -0.2) is 0 Å². The average molecular weight is 281 g/mol. The Bertz CT molecular complexity index is 653. The number of aromatic nitrogens is 1. The highest BCUT2D eigenvalue weighted by Crippen LogP contribution is 2.07. The van der Waals surface area contributed by atoms with Gasteiger partial charge in [0, 0.05) is 19.2 Å². The van der Waals surface area contributed by atoms with E-state index in [9.17, 15) is 4.79 Å². The first kappa shape index (κ1) is 14.9. The minimum absolute atomic E-state index is 0.0888. The lowest BCUT2D eigenvalue weighted by Gasteiger charge is -2.09. The minimum Gasteiger partial charge on any atom is -0.483 e. The first-order valence-electron chi connectivity index (χ1n) is 7.11. The van der Waals surface area contributed by atoms with Crippen LogP contribution in [0.4, 0.5) is 0 Å². The van der Waals surface area contributed by atoms with Crippen molar-refractivity contribution < 1.29 is 4.74 Å². The summed E-state index contributed by atoms with van der Waals surface area (Å²) in [7, 11) is 0. The predicted molar refractivity (Wildman–Crippen MR) is 84.2 cm³/mol. The first-order valence-corrected chi connectivity index (χ1v) is 7.11. The molecular weight excluding hydrogens is 262 g/mol. The zero-order chi connectivity index (χ0) is 14.9. The zero-order valence-corrected chi connectivity index (χ0v) is 12.0. The summed E-state index contributed by atoms with van der Waals surface area (Å²) in [5, 5.41) is 0. The standard InChI is InChI=1S/C18H19NO2/c1-2-3-4-8-13-19-14-9-12-17(18(19)20)21-15-16-10-6-5-7-11-16/h1,5-7,9-12,14H,3-4,8,13,15H2. The summed E-state index contributed by atoms with van der Waals surface area (Å²) in [4.78, 5) is 12.3. The van der Waals surface area contributed by atoms with E-state index in [1.165, 1.54) is 0 Å². The molecule has 1 aromatic carbocycles. The van der Waals surface area contributed by atoms with Crippen LogP contribution in [0, 0.1) is 12.3 Å². The van der Waals surface area contributed by atoms with Crippen LogP contribution >= 0.6 is 0 Å². The van der Waals surface area contributed by atoms with Gasteiger partial charge in [-0.15, -0.1) is 12.3 Å². The van der Waals surface area contributed by atoms with Crippen LogP contribution in [0.3, 0.4) is 0 Å². The Labute approximate surface area is 125 Å². The quantitative estimate of drug-likeness (QED) is 0.576. The summed E-state index contributed by atoms with van der Waals surface area (Å²) >= 11 is 0. The van der Waals surface area contributed by atoms with Gasteiger partial charge in [0.05, 0.1) is 0 Å². The molecule has 0 aliphatic heterocycles. The maximum absolute atomic E-state index is 12.3. The molecule has 0 radical (unpaired) electrons. The zero-order valence-electron chi connectivity index (χ0n) is 12.0.